The molecular formula is C23H19NO4S. The van der Waals surface area contributed by atoms with Gasteiger partial charge in [0, 0.05) is 10.4 Å². The summed E-state index contributed by atoms with van der Waals surface area (Å²) in [5, 5.41) is 22.5. The maximum Gasteiger partial charge on any atom is 0.295 e. The van der Waals surface area contributed by atoms with Crippen molar-refractivity contribution in [2.45, 2.75) is 19.5 Å². The average Bonchev–Trinajstić information content (AvgIpc) is 3.31. The Morgan fingerprint density at radius 1 is 1.03 bits per heavy atom. The number of aliphatic hydroxyl groups is 1. The molecule has 2 aromatic carbocycles. The van der Waals surface area contributed by atoms with Crippen LogP contribution in [0.15, 0.2) is 71.6 Å². The van der Waals surface area contributed by atoms with Crippen molar-refractivity contribution in [1.29, 1.82) is 0 Å². The summed E-state index contributed by atoms with van der Waals surface area (Å²) in [4.78, 5) is 28.2. The predicted octanol–water partition coefficient (Wildman–Crippen LogP) is 4.38. The molecule has 2 N–H and O–H groups in total. The van der Waals surface area contributed by atoms with E-state index in [1.54, 1.807) is 24.3 Å². The molecule has 1 fully saturated rings. The first-order valence-corrected chi connectivity index (χ1v) is 10.0. The highest BCUT2D eigenvalue weighted by molar-refractivity contribution is 7.09. The van der Waals surface area contributed by atoms with E-state index in [4.69, 9.17) is 0 Å². The van der Waals surface area contributed by atoms with Crippen LogP contribution in [-0.4, -0.2) is 26.8 Å². The summed E-state index contributed by atoms with van der Waals surface area (Å²) in [5.41, 5.74) is 2.21. The molecule has 1 aliphatic rings. The minimum Gasteiger partial charge on any atom is -0.508 e. The Labute approximate surface area is 172 Å². The van der Waals surface area contributed by atoms with Crippen LogP contribution in [0, 0.1) is 6.92 Å². The fraction of sp³-hybridized carbons (Fsp3) is 0.130. The molecule has 0 saturated carbocycles. The number of amides is 1. The van der Waals surface area contributed by atoms with Gasteiger partial charge in [0.05, 0.1) is 18.2 Å². The number of likely N-dealkylation sites (tertiary alicyclic amines) is 1. The lowest BCUT2D eigenvalue weighted by molar-refractivity contribution is -0.140. The molecule has 29 heavy (non-hydrogen) atoms. The fourth-order valence-electron chi connectivity index (χ4n) is 3.48. The number of ketones is 1. The first-order chi connectivity index (χ1) is 14.0. The Kier molecular flexibility index (Phi) is 4.94. The molecule has 0 aliphatic carbocycles. The number of hydrogen-bond donors (Lipinski definition) is 2. The molecule has 1 amide bonds. The Hall–Kier alpha value is -3.38. The maximum absolute atomic E-state index is 12.9. The number of thiophene rings is 1. The van der Waals surface area contributed by atoms with Gasteiger partial charge < -0.3 is 15.1 Å². The van der Waals surface area contributed by atoms with E-state index in [0.717, 1.165) is 10.4 Å². The van der Waals surface area contributed by atoms with E-state index in [1.165, 1.54) is 28.4 Å². The van der Waals surface area contributed by atoms with E-state index >= 15 is 0 Å². The van der Waals surface area contributed by atoms with Crippen molar-refractivity contribution in [2.75, 3.05) is 0 Å². The van der Waals surface area contributed by atoms with E-state index in [0.29, 0.717) is 11.1 Å². The van der Waals surface area contributed by atoms with Crippen molar-refractivity contribution >= 4 is 28.8 Å². The zero-order chi connectivity index (χ0) is 20.5. The van der Waals surface area contributed by atoms with Gasteiger partial charge in [-0.3, -0.25) is 9.59 Å². The zero-order valence-electron chi connectivity index (χ0n) is 15.7. The third-order valence-corrected chi connectivity index (χ3v) is 5.84. The quantitative estimate of drug-likeness (QED) is 0.384. The number of Topliss-reactive ketones (excluding diaryl/α,β-unsaturated/α-hetero) is 1. The van der Waals surface area contributed by atoms with Gasteiger partial charge in [-0.2, -0.15) is 0 Å². The molecule has 0 bridgehead atoms. The second kappa shape index (κ2) is 7.56. The second-order valence-corrected chi connectivity index (χ2v) is 8.00. The Bertz CT molecular complexity index is 1080. The average molecular weight is 405 g/mol. The van der Waals surface area contributed by atoms with Gasteiger partial charge in [0.2, 0.25) is 0 Å². The number of rotatable bonds is 4. The molecule has 1 aliphatic heterocycles. The molecule has 0 radical (unpaired) electrons. The molecule has 2 heterocycles. The zero-order valence-corrected chi connectivity index (χ0v) is 16.5. The number of hydrogen-bond acceptors (Lipinski definition) is 5. The molecule has 1 atom stereocenters. The summed E-state index contributed by atoms with van der Waals surface area (Å²) in [5.74, 6) is -1.47. The molecule has 1 unspecified atom stereocenters. The van der Waals surface area contributed by atoms with Crippen LogP contribution in [0.4, 0.5) is 0 Å². The Morgan fingerprint density at radius 3 is 2.34 bits per heavy atom. The number of carbonyl (C=O) groups excluding carboxylic acids is 2. The monoisotopic (exact) mass is 405 g/mol. The van der Waals surface area contributed by atoms with E-state index in [2.05, 4.69) is 0 Å². The Balaban J connectivity index is 1.86. The highest BCUT2D eigenvalue weighted by Crippen LogP contribution is 2.40. The largest absolute Gasteiger partial charge is 0.508 e. The minimum atomic E-state index is -0.737. The maximum atomic E-state index is 12.9. The first-order valence-electron chi connectivity index (χ1n) is 9.12. The summed E-state index contributed by atoms with van der Waals surface area (Å²) in [6, 6.07) is 16.5. The van der Waals surface area contributed by atoms with E-state index in [-0.39, 0.29) is 23.6 Å². The molecule has 6 heteroatoms. The number of phenols is 1. The molecule has 3 aromatic rings. The van der Waals surface area contributed by atoms with Crippen LogP contribution in [0.2, 0.25) is 0 Å². The molecule has 1 saturated heterocycles. The summed E-state index contributed by atoms with van der Waals surface area (Å²) < 4.78 is 0. The first kappa shape index (κ1) is 19.0. The number of nitrogens with zero attached hydrogens (tertiary/aromatic N) is 1. The summed E-state index contributed by atoms with van der Waals surface area (Å²) in [6.07, 6.45) is 0. The summed E-state index contributed by atoms with van der Waals surface area (Å²) in [6.45, 7) is 2.19. The van der Waals surface area contributed by atoms with Crippen LogP contribution in [0.3, 0.4) is 0 Å². The van der Waals surface area contributed by atoms with Gasteiger partial charge in [0.15, 0.2) is 0 Å². The number of carbonyl (C=O) groups is 2. The van der Waals surface area contributed by atoms with Crippen molar-refractivity contribution in [3.05, 3.63) is 93.2 Å². The van der Waals surface area contributed by atoms with Crippen LogP contribution >= 0.6 is 11.3 Å². The second-order valence-electron chi connectivity index (χ2n) is 6.96. The lowest BCUT2D eigenvalue weighted by Crippen LogP contribution is -2.28. The third-order valence-electron chi connectivity index (χ3n) is 4.98. The van der Waals surface area contributed by atoms with Crippen LogP contribution < -0.4 is 0 Å². The molecule has 4 rings (SSSR count). The van der Waals surface area contributed by atoms with Crippen LogP contribution in [0.5, 0.6) is 5.75 Å². The lowest BCUT2D eigenvalue weighted by atomic mass is 9.95. The number of aryl methyl sites for hydroxylation is 1. The smallest absolute Gasteiger partial charge is 0.295 e. The molecule has 1 aromatic heterocycles. The predicted molar refractivity (Wildman–Crippen MR) is 111 cm³/mol. The normalized spacial score (nSPS) is 18.4. The summed E-state index contributed by atoms with van der Waals surface area (Å²) >= 11 is 1.50. The van der Waals surface area contributed by atoms with E-state index in [1.807, 2.05) is 36.6 Å². The minimum absolute atomic E-state index is 0.0566. The van der Waals surface area contributed by atoms with Crippen molar-refractivity contribution in [1.82, 2.24) is 4.90 Å². The number of phenolic OH excluding ortho intramolecular Hbond substituents is 1. The molecule has 5 nitrogen and oxygen atoms in total. The van der Waals surface area contributed by atoms with Gasteiger partial charge in [0.1, 0.15) is 11.5 Å². The highest BCUT2D eigenvalue weighted by atomic mass is 32.1. The van der Waals surface area contributed by atoms with Gasteiger partial charge in [0.25, 0.3) is 11.7 Å². The summed E-state index contributed by atoms with van der Waals surface area (Å²) in [7, 11) is 0. The van der Waals surface area contributed by atoms with Crippen LogP contribution in [-0.2, 0) is 16.1 Å². The lowest BCUT2D eigenvalue weighted by Gasteiger charge is -2.25. The van der Waals surface area contributed by atoms with Crippen LogP contribution in [0.25, 0.3) is 5.76 Å². The van der Waals surface area contributed by atoms with E-state index < -0.39 is 17.7 Å². The Morgan fingerprint density at radius 2 is 1.72 bits per heavy atom. The SMILES string of the molecule is Cc1ccc(/C(O)=C2/C(=O)C(=O)N(Cc3cccs3)C2c2ccc(O)cc2)cc1. The van der Waals surface area contributed by atoms with Gasteiger partial charge in [-0.05, 0) is 36.1 Å². The standard InChI is InChI=1S/C23H19NO4S/c1-14-4-6-16(7-5-14)21(26)19-20(15-8-10-17(25)11-9-15)24(23(28)22(19)27)13-18-3-2-12-29-18/h2-12,20,25-26H,13H2,1H3/b21-19-. The van der Waals surface area contributed by atoms with Crippen molar-refractivity contribution in [3.63, 3.8) is 0 Å². The number of aromatic hydroxyl groups is 1. The fourth-order valence-corrected chi connectivity index (χ4v) is 4.19. The van der Waals surface area contributed by atoms with Gasteiger partial charge in [-0.25, -0.2) is 0 Å². The highest BCUT2D eigenvalue weighted by Gasteiger charge is 2.46. The molecule has 146 valence electrons. The van der Waals surface area contributed by atoms with Crippen molar-refractivity contribution < 1.29 is 19.8 Å². The van der Waals surface area contributed by atoms with Gasteiger partial charge >= 0.3 is 0 Å². The van der Waals surface area contributed by atoms with Crippen LogP contribution in [0.1, 0.15) is 27.6 Å². The van der Waals surface area contributed by atoms with E-state index in [9.17, 15) is 19.8 Å². The van der Waals surface area contributed by atoms with Crippen molar-refractivity contribution in [2.24, 2.45) is 0 Å². The van der Waals surface area contributed by atoms with Gasteiger partial charge in [-0.1, -0.05) is 48.0 Å². The number of benzene rings is 2. The topological polar surface area (TPSA) is 77.8 Å². The number of aliphatic hydroxyl groups excluding tert-OH is 1. The molecule has 0 spiro atoms. The van der Waals surface area contributed by atoms with Gasteiger partial charge in [-0.15, -0.1) is 11.3 Å². The van der Waals surface area contributed by atoms with Crippen molar-refractivity contribution in [3.8, 4) is 5.75 Å². The third kappa shape index (κ3) is 3.54. The molecular weight excluding hydrogens is 386 g/mol.